The number of rotatable bonds is 8. The minimum atomic E-state index is -0.690. The van der Waals surface area contributed by atoms with Crippen molar-refractivity contribution < 1.29 is 14.4 Å². The Hall–Kier alpha value is -3.81. The molecule has 0 fully saturated rings. The minimum Gasteiger partial charge on any atom is -0.352 e. The van der Waals surface area contributed by atoms with Crippen molar-refractivity contribution in [1.82, 2.24) is 20.4 Å². The molecule has 7 nitrogen and oxygen atoms in total. The zero-order chi connectivity index (χ0) is 27.5. The van der Waals surface area contributed by atoms with Crippen LogP contribution < -0.4 is 10.6 Å². The monoisotopic (exact) mass is 562 g/mol. The van der Waals surface area contributed by atoms with Crippen molar-refractivity contribution in [1.29, 1.82) is 0 Å². The Morgan fingerprint density at radius 1 is 1.00 bits per heavy atom. The quantitative estimate of drug-likeness (QED) is 0.377. The summed E-state index contributed by atoms with van der Waals surface area (Å²) in [7, 11) is 0. The number of likely N-dealkylation sites (N-methyl/N-ethyl adjacent to an activating group) is 1. The summed E-state index contributed by atoms with van der Waals surface area (Å²) in [5.74, 6) is -0.373. The van der Waals surface area contributed by atoms with E-state index >= 15 is 0 Å². The van der Waals surface area contributed by atoms with Gasteiger partial charge in [-0.25, -0.2) is 4.79 Å². The van der Waals surface area contributed by atoms with Gasteiger partial charge in [0.25, 0.3) is 5.91 Å². The number of carbonyl (C=O) groups excluding carboxylic acids is 3. The molecule has 0 aromatic heterocycles. The highest BCUT2D eigenvalue weighted by atomic mass is 35.5. The first-order valence-electron chi connectivity index (χ1n) is 12.8. The number of carbonyl (C=O) groups is 3. The first-order chi connectivity index (χ1) is 18.9. The van der Waals surface area contributed by atoms with Gasteiger partial charge in [0.2, 0.25) is 5.91 Å². The molecule has 5 rings (SSSR count). The van der Waals surface area contributed by atoms with Crippen molar-refractivity contribution in [3.63, 3.8) is 0 Å². The summed E-state index contributed by atoms with van der Waals surface area (Å²) in [4.78, 5) is 42.2. The van der Waals surface area contributed by atoms with E-state index < -0.39 is 6.04 Å². The molecule has 3 aromatic rings. The molecule has 4 amide bonds. The van der Waals surface area contributed by atoms with Crippen LogP contribution in [0.3, 0.4) is 0 Å². The maximum atomic E-state index is 13.5. The van der Waals surface area contributed by atoms with Gasteiger partial charge < -0.3 is 15.5 Å². The second-order valence-corrected chi connectivity index (χ2v) is 10.3. The van der Waals surface area contributed by atoms with Crippen LogP contribution in [-0.2, 0) is 16.1 Å². The molecular formula is C30H28Cl2N4O3. The van der Waals surface area contributed by atoms with Crippen molar-refractivity contribution in [2.45, 2.75) is 25.9 Å². The Morgan fingerprint density at radius 3 is 2.41 bits per heavy atom. The van der Waals surface area contributed by atoms with Crippen LogP contribution >= 0.6 is 23.2 Å². The Bertz CT molecular complexity index is 1440. The molecule has 200 valence electrons. The lowest BCUT2D eigenvalue weighted by Gasteiger charge is -2.33. The van der Waals surface area contributed by atoms with Crippen LogP contribution in [0, 0.1) is 0 Å². The van der Waals surface area contributed by atoms with Crippen LogP contribution in [0.1, 0.15) is 30.5 Å². The average Bonchev–Trinajstić information content (AvgIpc) is 3.27. The number of hydrogen-bond donors (Lipinski definition) is 2. The fourth-order valence-corrected chi connectivity index (χ4v) is 5.52. The van der Waals surface area contributed by atoms with Gasteiger partial charge in [0.1, 0.15) is 0 Å². The van der Waals surface area contributed by atoms with Gasteiger partial charge >= 0.3 is 6.03 Å². The zero-order valence-electron chi connectivity index (χ0n) is 21.4. The lowest BCUT2D eigenvalue weighted by Crippen LogP contribution is -2.47. The van der Waals surface area contributed by atoms with Crippen molar-refractivity contribution >= 4 is 41.0 Å². The predicted molar refractivity (Wildman–Crippen MR) is 152 cm³/mol. The van der Waals surface area contributed by atoms with Gasteiger partial charge in [-0.3, -0.25) is 14.5 Å². The summed E-state index contributed by atoms with van der Waals surface area (Å²) >= 11 is 12.5. The predicted octanol–water partition coefficient (Wildman–Crippen LogP) is 5.55. The van der Waals surface area contributed by atoms with Gasteiger partial charge in [0.05, 0.1) is 23.9 Å². The van der Waals surface area contributed by atoms with Crippen molar-refractivity contribution in [2.75, 3.05) is 19.6 Å². The Labute approximate surface area is 237 Å². The highest BCUT2D eigenvalue weighted by Gasteiger charge is 2.44. The lowest BCUT2D eigenvalue weighted by atomic mass is 9.95. The first-order valence-corrected chi connectivity index (χ1v) is 13.6. The number of halogens is 2. The fourth-order valence-electron chi connectivity index (χ4n) is 5.00. The van der Waals surface area contributed by atoms with Crippen LogP contribution in [0.2, 0.25) is 10.0 Å². The highest BCUT2D eigenvalue weighted by molar-refractivity contribution is 6.35. The van der Waals surface area contributed by atoms with Crippen molar-refractivity contribution in [2.24, 2.45) is 0 Å². The van der Waals surface area contributed by atoms with E-state index in [1.807, 2.05) is 49.4 Å². The van der Waals surface area contributed by atoms with Gasteiger partial charge in [-0.15, -0.1) is 0 Å². The molecule has 2 aliphatic heterocycles. The molecule has 3 aromatic carbocycles. The molecule has 0 saturated carbocycles. The summed E-state index contributed by atoms with van der Waals surface area (Å²) < 4.78 is 0. The standard InChI is InChI=1S/C30H28Cl2N4O3/c1-2-36-25-18-35(29(38)27(25)28(34-30(36)39)23-13-12-22(31)16-24(23)32)15-14-26(37)33-17-19-8-10-21(11-9-19)20-6-4-3-5-7-20/h3-13,16,28H,2,14-15,17-18H2,1H3,(H,33,37)(H,34,39). The molecule has 0 bridgehead atoms. The number of benzene rings is 3. The molecule has 2 N–H and O–H groups in total. The van der Waals surface area contributed by atoms with E-state index in [2.05, 4.69) is 22.8 Å². The number of hydrogen-bond acceptors (Lipinski definition) is 3. The van der Waals surface area contributed by atoms with E-state index in [0.29, 0.717) is 40.0 Å². The first kappa shape index (κ1) is 26.8. The summed E-state index contributed by atoms with van der Waals surface area (Å²) in [5.41, 5.74) is 4.95. The van der Waals surface area contributed by atoms with E-state index in [1.165, 1.54) is 0 Å². The van der Waals surface area contributed by atoms with Gasteiger partial charge in [-0.05, 0) is 41.3 Å². The van der Waals surface area contributed by atoms with Crippen LogP contribution in [0.5, 0.6) is 0 Å². The molecule has 0 radical (unpaired) electrons. The Kier molecular flexibility index (Phi) is 7.91. The molecule has 0 aliphatic carbocycles. The smallest absolute Gasteiger partial charge is 0.322 e. The van der Waals surface area contributed by atoms with Crippen molar-refractivity contribution in [3.05, 3.63) is 105 Å². The number of nitrogens with zero attached hydrogens (tertiary/aromatic N) is 2. The second kappa shape index (κ2) is 11.5. The molecule has 2 heterocycles. The lowest BCUT2D eigenvalue weighted by molar-refractivity contribution is -0.127. The third-order valence-electron chi connectivity index (χ3n) is 7.05. The van der Waals surface area contributed by atoms with Crippen molar-refractivity contribution in [3.8, 4) is 11.1 Å². The third-order valence-corrected chi connectivity index (χ3v) is 7.61. The van der Waals surface area contributed by atoms with E-state index in [4.69, 9.17) is 23.2 Å². The minimum absolute atomic E-state index is 0.147. The number of urea groups is 1. The Balaban J connectivity index is 1.21. The maximum absolute atomic E-state index is 13.5. The molecule has 0 saturated heterocycles. The molecule has 0 spiro atoms. The molecule has 2 aliphatic rings. The van der Waals surface area contributed by atoms with Gasteiger partial charge in [-0.1, -0.05) is 83.9 Å². The maximum Gasteiger partial charge on any atom is 0.322 e. The second-order valence-electron chi connectivity index (χ2n) is 9.47. The normalized spacial score (nSPS) is 16.8. The summed E-state index contributed by atoms with van der Waals surface area (Å²) in [6.45, 7) is 3.15. The average molecular weight is 563 g/mol. The summed E-state index contributed by atoms with van der Waals surface area (Å²) in [6, 6.07) is 22.2. The topological polar surface area (TPSA) is 81.8 Å². The molecule has 9 heteroatoms. The summed E-state index contributed by atoms with van der Waals surface area (Å²) in [6.07, 6.45) is 0.147. The SMILES string of the molecule is CCN1C(=O)NC(c2ccc(Cl)cc2Cl)C2=C1CN(CCC(=O)NCc1ccc(-c3ccccc3)cc1)C2=O. The van der Waals surface area contributed by atoms with E-state index in [-0.39, 0.29) is 37.4 Å². The fraction of sp³-hybridized carbons (Fsp3) is 0.233. The largest absolute Gasteiger partial charge is 0.352 e. The molecule has 1 unspecified atom stereocenters. The van der Waals surface area contributed by atoms with E-state index in [0.717, 1.165) is 16.7 Å². The van der Waals surface area contributed by atoms with Crippen LogP contribution in [-0.4, -0.2) is 47.3 Å². The van der Waals surface area contributed by atoms with Gasteiger partial charge in [0, 0.05) is 36.1 Å². The van der Waals surface area contributed by atoms with E-state index in [1.54, 1.807) is 28.0 Å². The molecule has 1 atom stereocenters. The van der Waals surface area contributed by atoms with Gasteiger partial charge in [-0.2, -0.15) is 0 Å². The molecule has 39 heavy (non-hydrogen) atoms. The number of amides is 4. The highest BCUT2D eigenvalue weighted by Crippen LogP contribution is 2.39. The van der Waals surface area contributed by atoms with E-state index in [9.17, 15) is 14.4 Å². The number of nitrogens with one attached hydrogen (secondary N) is 2. The van der Waals surface area contributed by atoms with Crippen LogP contribution in [0.15, 0.2) is 84.1 Å². The zero-order valence-corrected chi connectivity index (χ0v) is 22.9. The van der Waals surface area contributed by atoms with Crippen LogP contribution in [0.4, 0.5) is 4.79 Å². The third kappa shape index (κ3) is 5.65. The Morgan fingerprint density at radius 2 is 1.72 bits per heavy atom. The van der Waals surface area contributed by atoms with Gasteiger partial charge in [0.15, 0.2) is 0 Å². The molecular weight excluding hydrogens is 535 g/mol. The van der Waals surface area contributed by atoms with Crippen LogP contribution in [0.25, 0.3) is 11.1 Å². The summed E-state index contributed by atoms with van der Waals surface area (Å²) in [5, 5.41) is 6.68.